The standard InChI is InChI=1S/C28H35N3O5/c1-27(2,3)36-26(34)30-19-28(20-30)14-16-29(17-15-28)25(33)31(23-8-6-5-7-9-23)18-21-10-12-22(13-11-21)24(32)35-4/h5-13H,14-20H2,1-4H3. The van der Waals surface area contributed by atoms with E-state index in [-0.39, 0.29) is 23.5 Å². The minimum Gasteiger partial charge on any atom is -0.465 e. The predicted molar refractivity (Wildman–Crippen MR) is 137 cm³/mol. The van der Waals surface area contributed by atoms with Crippen molar-refractivity contribution in [2.75, 3.05) is 38.2 Å². The van der Waals surface area contributed by atoms with Crippen LogP contribution in [0.2, 0.25) is 0 Å². The summed E-state index contributed by atoms with van der Waals surface area (Å²) >= 11 is 0. The van der Waals surface area contributed by atoms with Crippen LogP contribution in [0.4, 0.5) is 15.3 Å². The third-order valence-electron chi connectivity index (χ3n) is 6.81. The van der Waals surface area contributed by atoms with Gasteiger partial charge < -0.3 is 19.3 Å². The molecule has 2 saturated heterocycles. The second kappa shape index (κ2) is 10.2. The fourth-order valence-electron chi connectivity index (χ4n) is 4.80. The largest absolute Gasteiger partial charge is 0.465 e. The average molecular weight is 494 g/mol. The Morgan fingerprint density at radius 3 is 2.08 bits per heavy atom. The quantitative estimate of drug-likeness (QED) is 0.564. The maximum absolute atomic E-state index is 13.7. The molecule has 2 aliphatic rings. The van der Waals surface area contributed by atoms with Crippen molar-refractivity contribution in [1.82, 2.24) is 9.80 Å². The van der Waals surface area contributed by atoms with Crippen molar-refractivity contribution in [3.05, 3.63) is 65.7 Å². The normalized spacial score (nSPS) is 16.8. The lowest BCUT2D eigenvalue weighted by atomic mass is 9.72. The molecule has 3 amide bonds. The first kappa shape index (κ1) is 25.5. The SMILES string of the molecule is COC(=O)c1ccc(CN(C(=O)N2CCC3(CC2)CN(C(=O)OC(C)(C)C)C3)c2ccccc2)cc1. The van der Waals surface area contributed by atoms with E-state index in [0.717, 1.165) is 24.1 Å². The number of methoxy groups -OCH3 is 1. The molecule has 0 atom stereocenters. The highest BCUT2D eigenvalue weighted by Crippen LogP contribution is 2.41. The Balaban J connectivity index is 1.40. The van der Waals surface area contributed by atoms with Gasteiger partial charge in [0.2, 0.25) is 0 Å². The third-order valence-corrected chi connectivity index (χ3v) is 6.81. The summed E-state index contributed by atoms with van der Waals surface area (Å²) in [6.45, 7) is 8.65. The number of likely N-dealkylation sites (tertiary alicyclic amines) is 2. The second-order valence-electron chi connectivity index (χ2n) is 10.7. The number of carbonyl (C=O) groups excluding carboxylic acids is 3. The van der Waals surface area contributed by atoms with Gasteiger partial charge in [-0.2, -0.15) is 0 Å². The molecule has 2 fully saturated rings. The van der Waals surface area contributed by atoms with Gasteiger partial charge in [0.15, 0.2) is 0 Å². The minimum atomic E-state index is -0.504. The van der Waals surface area contributed by atoms with E-state index in [0.29, 0.717) is 38.3 Å². The molecule has 2 aliphatic heterocycles. The van der Waals surface area contributed by atoms with Gasteiger partial charge in [-0.05, 0) is 63.4 Å². The number of nitrogens with zero attached hydrogens (tertiary/aromatic N) is 3. The Bertz CT molecular complexity index is 1080. The average Bonchev–Trinajstić information content (AvgIpc) is 2.85. The Hall–Kier alpha value is -3.55. The van der Waals surface area contributed by atoms with Crippen molar-refractivity contribution in [1.29, 1.82) is 0 Å². The van der Waals surface area contributed by atoms with Gasteiger partial charge in [-0.25, -0.2) is 14.4 Å². The van der Waals surface area contributed by atoms with Crippen LogP contribution in [0, 0.1) is 5.41 Å². The molecule has 0 N–H and O–H groups in total. The van der Waals surface area contributed by atoms with E-state index in [9.17, 15) is 14.4 Å². The molecule has 0 radical (unpaired) electrons. The Labute approximate surface area is 212 Å². The number of para-hydroxylation sites is 1. The van der Waals surface area contributed by atoms with Gasteiger partial charge in [-0.15, -0.1) is 0 Å². The molecule has 0 saturated carbocycles. The van der Waals surface area contributed by atoms with Crippen LogP contribution < -0.4 is 4.90 Å². The lowest BCUT2D eigenvalue weighted by Crippen LogP contribution is -2.63. The van der Waals surface area contributed by atoms with Gasteiger partial charge in [0, 0.05) is 37.3 Å². The fourth-order valence-corrected chi connectivity index (χ4v) is 4.80. The summed E-state index contributed by atoms with van der Waals surface area (Å²) < 4.78 is 10.3. The smallest absolute Gasteiger partial charge is 0.410 e. The zero-order valence-corrected chi connectivity index (χ0v) is 21.5. The predicted octanol–water partition coefficient (Wildman–Crippen LogP) is 4.93. The first-order valence-corrected chi connectivity index (χ1v) is 12.4. The van der Waals surface area contributed by atoms with Gasteiger partial charge in [0.05, 0.1) is 19.2 Å². The van der Waals surface area contributed by atoms with Crippen LogP contribution in [-0.2, 0) is 16.0 Å². The maximum Gasteiger partial charge on any atom is 0.410 e. The van der Waals surface area contributed by atoms with Crippen LogP contribution in [0.3, 0.4) is 0 Å². The molecule has 2 heterocycles. The summed E-state index contributed by atoms with van der Waals surface area (Å²) in [5, 5.41) is 0. The summed E-state index contributed by atoms with van der Waals surface area (Å²) in [5.41, 5.74) is 1.77. The molecule has 192 valence electrons. The third kappa shape index (κ3) is 5.80. The topological polar surface area (TPSA) is 79.4 Å². The van der Waals surface area contributed by atoms with Crippen molar-refractivity contribution in [3.8, 4) is 0 Å². The molecular formula is C28H35N3O5. The van der Waals surface area contributed by atoms with Crippen molar-refractivity contribution < 1.29 is 23.9 Å². The number of ether oxygens (including phenoxy) is 2. The van der Waals surface area contributed by atoms with E-state index in [4.69, 9.17) is 9.47 Å². The minimum absolute atomic E-state index is 0.0450. The van der Waals surface area contributed by atoms with Gasteiger partial charge in [-0.1, -0.05) is 30.3 Å². The Morgan fingerprint density at radius 2 is 1.53 bits per heavy atom. The van der Waals surface area contributed by atoms with Crippen LogP contribution in [-0.4, -0.2) is 66.8 Å². The number of hydrogen-bond donors (Lipinski definition) is 0. The number of amides is 3. The van der Waals surface area contributed by atoms with Gasteiger partial charge in [0.1, 0.15) is 5.60 Å². The molecule has 8 nitrogen and oxygen atoms in total. The number of anilines is 1. The number of urea groups is 1. The van der Waals surface area contributed by atoms with Crippen molar-refractivity contribution in [3.63, 3.8) is 0 Å². The van der Waals surface area contributed by atoms with E-state index in [1.807, 2.05) is 68.1 Å². The molecular weight excluding hydrogens is 458 g/mol. The first-order chi connectivity index (χ1) is 17.1. The number of rotatable bonds is 4. The number of hydrogen-bond acceptors (Lipinski definition) is 5. The van der Waals surface area contributed by atoms with Crippen molar-refractivity contribution in [2.24, 2.45) is 5.41 Å². The fraction of sp³-hybridized carbons (Fsp3) is 0.464. The van der Waals surface area contributed by atoms with Crippen LogP contribution in [0.1, 0.15) is 49.5 Å². The second-order valence-corrected chi connectivity index (χ2v) is 10.7. The van der Waals surface area contributed by atoms with Crippen LogP contribution in [0.5, 0.6) is 0 Å². The highest BCUT2D eigenvalue weighted by molar-refractivity contribution is 5.92. The summed E-state index contributed by atoms with van der Waals surface area (Å²) in [5.74, 6) is -0.388. The molecule has 2 aromatic rings. The summed E-state index contributed by atoms with van der Waals surface area (Å²) in [7, 11) is 1.35. The summed E-state index contributed by atoms with van der Waals surface area (Å²) in [6.07, 6.45) is 1.45. The molecule has 1 spiro atoms. The van der Waals surface area contributed by atoms with E-state index in [2.05, 4.69) is 0 Å². The van der Waals surface area contributed by atoms with E-state index >= 15 is 0 Å². The van der Waals surface area contributed by atoms with Crippen molar-refractivity contribution in [2.45, 2.75) is 45.8 Å². The van der Waals surface area contributed by atoms with E-state index < -0.39 is 5.60 Å². The lowest BCUT2D eigenvalue weighted by Gasteiger charge is -2.53. The van der Waals surface area contributed by atoms with E-state index in [1.54, 1.807) is 21.9 Å². The zero-order valence-electron chi connectivity index (χ0n) is 21.5. The monoisotopic (exact) mass is 493 g/mol. The molecule has 0 bridgehead atoms. The number of piperidine rings is 1. The van der Waals surface area contributed by atoms with Gasteiger partial charge in [-0.3, -0.25) is 4.90 Å². The van der Waals surface area contributed by atoms with Crippen LogP contribution >= 0.6 is 0 Å². The van der Waals surface area contributed by atoms with Crippen molar-refractivity contribution >= 4 is 23.8 Å². The molecule has 4 rings (SSSR count). The lowest BCUT2D eigenvalue weighted by molar-refractivity contribution is -0.0548. The summed E-state index contributed by atoms with van der Waals surface area (Å²) in [6, 6.07) is 16.7. The highest BCUT2D eigenvalue weighted by atomic mass is 16.6. The first-order valence-electron chi connectivity index (χ1n) is 12.4. The molecule has 2 aromatic carbocycles. The molecule has 0 unspecified atom stereocenters. The number of esters is 1. The number of carbonyl (C=O) groups is 3. The van der Waals surface area contributed by atoms with Crippen LogP contribution in [0.15, 0.2) is 54.6 Å². The van der Waals surface area contributed by atoms with Gasteiger partial charge >= 0.3 is 18.1 Å². The van der Waals surface area contributed by atoms with E-state index in [1.165, 1.54) is 7.11 Å². The number of benzene rings is 2. The van der Waals surface area contributed by atoms with Gasteiger partial charge in [0.25, 0.3) is 0 Å². The molecule has 0 aromatic heterocycles. The highest BCUT2D eigenvalue weighted by Gasteiger charge is 2.48. The Kier molecular flexibility index (Phi) is 7.24. The maximum atomic E-state index is 13.7. The molecule has 36 heavy (non-hydrogen) atoms. The molecule has 0 aliphatic carbocycles. The zero-order chi connectivity index (χ0) is 25.9. The van der Waals surface area contributed by atoms with Crippen LogP contribution in [0.25, 0.3) is 0 Å². The Morgan fingerprint density at radius 1 is 0.917 bits per heavy atom. The summed E-state index contributed by atoms with van der Waals surface area (Å²) in [4.78, 5) is 43.2. The molecule has 8 heteroatoms.